The minimum Gasteiger partial charge on any atom is -0.342 e. The predicted molar refractivity (Wildman–Crippen MR) is 158 cm³/mol. The summed E-state index contributed by atoms with van der Waals surface area (Å²) < 4.78 is 0. The number of halogens is 1. The molecule has 0 radical (unpaired) electrons. The summed E-state index contributed by atoms with van der Waals surface area (Å²) >= 11 is 5.76. The fraction of sp³-hybridized carbons (Fsp3) is 0.941. The van der Waals surface area contributed by atoms with Gasteiger partial charge in [0.25, 0.3) is 0 Å². The number of rotatable bonds is 2. The molecule has 2 unspecified atom stereocenters. The molecule has 10 rings (SSSR count). The van der Waals surface area contributed by atoms with E-state index in [9.17, 15) is 9.59 Å². The lowest BCUT2D eigenvalue weighted by Gasteiger charge is -2.57. The monoisotopic (exact) mass is 558 g/mol. The summed E-state index contributed by atoms with van der Waals surface area (Å²) in [6.45, 7) is 9.14. The molecule has 5 heteroatoms. The first-order chi connectivity index (χ1) is 18.7. The summed E-state index contributed by atoms with van der Waals surface area (Å²) in [5.41, 5.74) is 0.0160. The fourth-order valence-electron chi connectivity index (χ4n) is 11.5. The maximum Gasteiger partial charge on any atom is 0.228 e. The zero-order valence-corrected chi connectivity index (χ0v) is 25.7. The van der Waals surface area contributed by atoms with Crippen molar-refractivity contribution >= 4 is 22.8 Å². The smallest absolute Gasteiger partial charge is 0.228 e. The number of carbonyl (C=O) groups excluding carboxylic acids is 2. The summed E-state index contributed by atoms with van der Waals surface area (Å²) in [6.07, 6.45) is 20.7. The number of hydrogen-bond acceptors (Lipinski definition) is 3. The number of likely N-dealkylation sites (tertiary alicyclic amines) is 1. The molecule has 10 aliphatic rings. The second-order valence-corrected chi connectivity index (χ2v) is 16.5. The Labute approximate surface area is 243 Å². The van der Waals surface area contributed by atoms with Gasteiger partial charge in [0.2, 0.25) is 11.1 Å². The van der Waals surface area contributed by atoms with E-state index < -0.39 is 0 Å². The zero-order valence-electron chi connectivity index (χ0n) is 24.9. The maximum absolute atomic E-state index is 13.1. The van der Waals surface area contributed by atoms with E-state index in [4.69, 9.17) is 11.6 Å². The van der Waals surface area contributed by atoms with Crippen LogP contribution in [-0.4, -0.2) is 42.2 Å². The number of nitrogens with one attached hydrogen (secondary N) is 1. The third-order valence-electron chi connectivity index (χ3n) is 12.4. The molecule has 10 fully saturated rings. The molecule has 2 heterocycles. The highest BCUT2D eigenvalue weighted by molar-refractivity contribution is 6.64. The summed E-state index contributed by atoms with van der Waals surface area (Å²) in [5.74, 6) is 7.34. The standard InChI is InChI=1S/C17H27NO.C11H15ClO.C6H13N/c1-12-3-2-4-18(11-12)16(19)17-8-13-5-14(9-17)7-15(6-13)10-17;12-10(13)11-4-7-1-8(5-11)3-9(2-7)6-11;1-6-3-2-4-7-5-6/h12-15H,2-11H2,1H3;7-9H,1-6H2;6-7H,2-5H2,1H3. The zero-order chi connectivity index (χ0) is 27.2. The highest BCUT2D eigenvalue weighted by Gasteiger charge is 2.56. The summed E-state index contributed by atoms with van der Waals surface area (Å²) in [5, 5.41) is 3.30. The quantitative estimate of drug-likeness (QED) is 0.358. The van der Waals surface area contributed by atoms with Crippen LogP contribution in [0.25, 0.3) is 0 Å². The minimum atomic E-state index is -0.0731. The van der Waals surface area contributed by atoms with Crippen molar-refractivity contribution in [3.05, 3.63) is 0 Å². The van der Waals surface area contributed by atoms with E-state index in [1.807, 2.05) is 0 Å². The van der Waals surface area contributed by atoms with Crippen LogP contribution in [0.5, 0.6) is 0 Å². The van der Waals surface area contributed by atoms with Crippen molar-refractivity contribution in [2.75, 3.05) is 26.2 Å². The van der Waals surface area contributed by atoms with Gasteiger partial charge in [-0.15, -0.1) is 0 Å². The van der Waals surface area contributed by atoms with Crippen LogP contribution in [0.2, 0.25) is 0 Å². The normalized spacial score (nSPS) is 47.1. The van der Waals surface area contributed by atoms with Crippen LogP contribution in [-0.2, 0) is 9.59 Å². The molecule has 2 saturated heterocycles. The van der Waals surface area contributed by atoms with E-state index in [0.29, 0.717) is 11.8 Å². The average molecular weight is 559 g/mol. The van der Waals surface area contributed by atoms with Crippen LogP contribution in [0.15, 0.2) is 0 Å². The number of carbonyl (C=O) groups is 2. The Bertz CT molecular complexity index is 825. The van der Waals surface area contributed by atoms with Crippen molar-refractivity contribution in [2.45, 2.75) is 117 Å². The highest BCUT2D eigenvalue weighted by Crippen LogP contribution is 2.61. The molecule has 1 amide bonds. The third kappa shape index (κ3) is 6.13. The molecule has 2 atom stereocenters. The van der Waals surface area contributed by atoms with E-state index in [1.165, 1.54) is 96.6 Å². The van der Waals surface area contributed by atoms with Crippen molar-refractivity contribution in [1.29, 1.82) is 0 Å². The average Bonchev–Trinajstić information content (AvgIpc) is 2.88. The number of amides is 1. The van der Waals surface area contributed by atoms with Crippen LogP contribution < -0.4 is 5.32 Å². The van der Waals surface area contributed by atoms with Crippen molar-refractivity contribution in [1.82, 2.24) is 10.2 Å². The van der Waals surface area contributed by atoms with Crippen molar-refractivity contribution < 1.29 is 9.59 Å². The molecule has 1 N–H and O–H groups in total. The molecule has 39 heavy (non-hydrogen) atoms. The fourth-order valence-corrected chi connectivity index (χ4v) is 11.7. The molecule has 0 aromatic rings. The molecular weight excluding hydrogens is 504 g/mol. The molecule has 8 aliphatic carbocycles. The molecule has 4 nitrogen and oxygen atoms in total. The van der Waals surface area contributed by atoms with Gasteiger partial charge in [-0.3, -0.25) is 9.59 Å². The number of piperidine rings is 2. The van der Waals surface area contributed by atoms with Gasteiger partial charge < -0.3 is 10.2 Å². The Morgan fingerprint density at radius 1 is 0.692 bits per heavy atom. The summed E-state index contributed by atoms with van der Waals surface area (Å²) in [7, 11) is 0. The first-order valence-corrected chi connectivity index (χ1v) is 17.3. The Hall–Kier alpha value is -0.610. The van der Waals surface area contributed by atoms with Gasteiger partial charge in [-0.2, -0.15) is 0 Å². The second kappa shape index (κ2) is 11.6. The molecule has 8 bridgehead atoms. The van der Waals surface area contributed by atoms with Gasteiger partial charge in [-0.1, -0.05) is 13.8 Å². The topological polar surface area (TPSA) is 49.4 Å². The van der Waals surface area contributed by atoms with Crippen LogP contribution >= 0.6 is 11.6 Å². The second-order valence-electron chi connectivity index (χ2n) is 16.1. The summed E-state index contributed by atoms with van der Waals surface area (Å²) in [4.78, 5) is 26.8. The molecule has 0 aromatic carbocycles. The van der Waals surface area contributed by atoms with Gasteiger partial charge in [0.15, 0.2) is 0 Å². The van der Waals surface area contributed by atoms with Crippen LogP contribution in [0.3, 0.4) is 0 Å². The van der Waals surface area contributed by atoms with Crippen molar-refractivity contribution in [3.8, 4) is 0 Å². The number of nitrogens with zero attached hydrogens (tertiary/aromatic N) is 1. The largest absolute Gasteiger partial charge is 0.342 e. The maximum atomic E-state index is 13.1. The van der Waals surface area contributed by atoms with E-state index in [0.717, 1.165) is 73.8 Å². The van der Waals surface area contributed by atoms with Gasteiger partial charge in [0.1, 0.15) is 0 Å². The van der Waals surface area contributed by atoms with Crippen molar-refractivity contribution in [2.24, 2.45) is 58.2 Å². The Morgan fingerprint density at radius 3 is 1.51 bits per heavy atom. The first kappa shape index (κ1) is 28.5. The Kier molecular flexibility index (Phi) is 8.46. The molecule has 0 spiro atoms. The highest BCUT2D eigenvalue weighted by atomic mass is 35.5. The van der Waals surface area contributed by atoms with E-state index in [1.54, 1.807) is 0 Å². The van der Waals surface area contributed by atoms with Gasteiger partial charge in [-0.05, 0) is 175 Å². The lowest BCUT2D eigenvalue weighted by molar-refractivity contribution is -0.159. The minimum absolute atomic E-state index is 0.0356. The van der Waals surface area contributed by atoms with Crippen LogP contribution in [0, 0.1) is 58.2 Å². The number of hydrogen-bond donors (Lipinski definition) is 1. The SMILES string of the molecule is CC1CCCN(C(=O)C23CC4CC(CC(C4)C2)C3)C1.CC1CCCNC1.O=C(Cl)C12CC3CC(CC(C3)C1)C2. The van der Waals surface area contributed by atoms with Gasteiger partial charge in [0.05, 0.1) is 5.41 Å². The van der Waals surface area contributed by atoms with Gasteiger partial charge >= 0.3 is 0 Å². The van der Waals surface area contributed by atoms with E-state index in [-0.39, 0.29) is 16.1 Å². The lowest BCUT2D eigenvalue weighted by atomic mass is 9.49. The van der Waals surface area contributed by atoms with Crippen LogP contribution in [0.1, 0.15) is 117 Å². The Balaban J connectivity index is 0.000000119. The molecule has 220 valence electrons. The molecule has 8 saturated carbocycles. The first-order valence-electron chi connectivity index (χ1n) is 16.9. The van der Waals surface area contributed by atoms with Gasteiger partial charge in [0, 0.05) is 18.5 Å². The molecular formula is C34H55ClN2O2. The van der Waals surface area contributed by atoms with Crippen molar-refractivity contribution in [3.63, 3.8) is 0 Å². The molecule has 2 aliphatic heterocycles. The lowest BCUT2D eigenvalue weighted by Crippen LogP contribution is -2.55. The van der Waals surface area contributed by atoms with E-state index >= 15 is 0 Å². The Morgan fingerprint density at radius 2 is 1.15 bits per heavy atom. The van der Waals surface area contributed by atoms with Gasteiger partial charge in [-0.25, -0.2) is 0 Å². The van der Waals surface area contributed by atoms with Crippen LogP contribution in [0.4, 0.5) is 0 Å². The third-order valence-corrected chi connectivity index (χ3v) is 12.8. The van der Waals surface area contributed by atoms with E-state index in [2.05, 4.69) is 24.1 Å². The molecule has 0 aromatic heterocycles. The summed E-state index contributed by atoms with van der Waals surface area (Å²) in [6, 6.07) is 0. The predicted octanol–water partition coefficient (Wildman–Crippen LogP) is 7.44.